The lowest BCUT2D eigenvalue weighted by Gasteiger charge is -2.53. The number of nitrogens with one attached hydrogen (secondary N) is 1. The smallest absolute Gasteiger partial charge is 0.264 e. The van der Waals surface area contributed by atoms with Crippen molar-refractivity contribution < 1.29 is 32.2 Å². The van der Waals surface area contributed by atoms with E-state index in [0.29, 0.717) is 55.7 Å². The summed E-state index contributed by atoms with van der Waals surface area (Å²) in [5, 5.41) is 0.704. The Hall–Kier alpha value is -3.12. The number of methoxy groups -OCH3 is 1. The minimum atomic E-state index is -4.17. The number of carbonyl (C=O) groups excluding carboxylic acids is 2. The van der Waals surface area contributed by atoms with Crippen LogP contribution >= 0.6 is 11.6 Å². The predicted octanol–water partition coefficient (Wildman–Crippen LogP) is 5.12. The van der Waals surface area contributed by atoms with Gasteiger partial charge in [-0.1, -0.05) is 43.7 Å². The molecule has 3 aliphatic heterocycles. The summed E-state index contributed by atoms with van der Waals surface area (Å²) in [5.74, 6) is -0.824. The van der Waals surface area contributed by atoms with Gasteiger partial charge in [-0.2, -0.15) is 0 Å². The lowest BCUT2D eigenvalue weighted by molar-refractivity contribution is -0.193. The number of halogens is 1. The number of aryl methyl sites for hydroxylation is 1. The molecule has 0 aromatic heterocycles. The van der Waals surface area contributed by atoms with E-state index in [2.05, 4.69) is 21.8 Å². The first-order valence-electron chi connectivity index (χ1n) is 17.8. The van der Waals surface area contributed by atoms with Gasteiger partial charge < -0.3 is 24.0 Å². The first-order valence-corrected chi connectivity index (χ1v) is 19.7. The molecule has 3 heterocycles. The number of amides is 2. The lowest BCUT2D eigenvalue weighted by Crippen LogP contribution is -2.64. The fourth-order valence-corrected chi connectivity index (χ4v) is 10.2. The van der Waals surface area contributed by atoms with Crippen LogP contribution in [0.3, 0.4) is 0 Å². The summed E-state index contributed by atoms with van der Waals surface area (Å²) < 4.78 is 49.1. The van der Waals surface area contributed by atoms with Gasteiger partial charge in [0.05, 0.1) is 23.8 Å². The van der Waals surface area contributed by atoms with E-state index in [1.165, 1.54) is 17.2 Å². The Labute approximate surface area is 300 Å². The summed E-state index contributed by atoms with van der Waals surface area (Å²) in [6.45, 7) is 6.20. The summed E-state index contributed by atoms with van der Waals surface area (Å²) in [7, 11) is -0.705. The maximum absolute atomic E-state index is 13.8. The number of nitrogens with zero attached hydrogens (tertiary/aromatic N) is 2. The molecule has 12 heteroatoms. The Balaban J connectivity index is 1.36. The molecule has 7 rings (SSSR count). The van der Waals surface area contributed by atoms with Crippen LogP contribution in [0, 0.1) is 23.7 Å². The molecule has 1 unspecified atom stereocenters. The highest BCUT2D eigenvalue weighted by molar-refractivity contribution is 7.90. The number of likely N-dealkylation sites (N-methyl/N-ethyl adjacent to an activating group) is 1. The van der Waals surface area contributed by atoms with Crippen LogP contribution in [0.15, 0.2) is 53.4 Å². The zero-order valence-corrected chi connectivity index (χ0v) is 30.9. The maximum Gasteiger partial charge on any atom is 0.264 e. The van der Waals surface area contributed by atoms with Crippen LogP contribution in [0.25, 0.3) is 0 Å². The average molecular weight is 726 g/mol. The second-order valence-corrected chi connectivity index (χ2v) is 17.2. The molecule has 7 atom stereocenters. The number of ether oxygens (including phenoxy) is 3. The van der Waals surface area contributed by atoms with Gasteiger partial charge in [-0.15, -0.1) is 0 Å². The number of carbonyl (C=O) groups is 2. The monoisotopic (exact) mass is 725 g/mol. The summed E-state index contributed by atoms with van der Waals surface area (Å²) >= 11 is 6.46. The number of sulfonamides is 1. The third-order valence-corrected chi connectivity index (χ3v) is 13.8. The largest absolute Gasteiger partial charge is 0.490 e. The van der Waals surface area contributed by atoms with Crippen molar-refractivity contribution in [3.05, 3.63) is 64.7 Å². The van der Waals surface area contributed by atoms with Crippen molar-refractivity contribution in [2.75, 3.05) is 51.9 Å². The number of fused-ring (bicyclic) bond motifs is 4. The fourth-order valence-electron chi connectivity index (χ4n) is 8.88. The van der Waals surface area contributed by atoms with Crippen LogP contribution in [-0.2, 0) is 40.9 Å². The molecule has 2 amide bonds. The highest BCUT2D eigenvalue weighted by Crippen LogP contribution is 2.51. The number of hydrogen-bond donors (Lipinski definition) is 1. The SMILES string of the molecule is CO[C@]1(C2OCCN(C)C2=O)/C=C/C[C@H](C)[C@@H](C)C(=O)NS(=O)(=O)c2ccc3c(c2)N(C[C@@H]2CC[C@H]21)C[C@@]1(CCCc2cc(Cl)ccc21)CO3. The molecule has 2 bridgehead atoms. The molecule has 270 valence electrons. The van der Waals surface area contributed by atoms with E-state index in [1.54, 1.807) is 38.1 Å². The van der Waals surface area contributed by atoms with E-state index in [-0.39, 0.29) is 34.0 Å². The Morgan fingerprint density at radius 2 is 1.92 bits per heavy atom. The van der Waals surface area contributed by atoms with Gasteiger partial charge in [0.1, 0.15) is 11.4 Å². The topological polar surface area (TPSA) is 114 Å². The second kappa shape index (κ2) is 13.5. The van der Waals surface area contributed by atoms with Gasteiger partial charge in [-0.05, 0) is 97.7 Å². The van der Waals surface area contributed by atoms with E-state index < -0.39 is 33.6 Å². The van der Waals surface area contributed by atoms with Crippen molar-refractivity contribution in [1.29, 1.82) is 0 Å². The first-order chi connectivity index (χ1) is 23.9. The van der Waals surface area contributed by atoms with Gasteiger partial charge >= 0.3 is 0 Å². The highest BCUT2D eigenvalue weighted by Gasteiger charge is 2.56. The first kappa shape index (κ1) is 35.3. The van der Waals surface area contributed by atoms with E-state index >= 15 is 0 Å². The van der Waals surface area contributed by atoms with Gasteiger partial charge in [0, 0.05) is 50.1 Å². The summed E-state index contributed by atoms with van der Waals surface area (Å²) in [6, 6.07) is 11.0. The zero-order valence-electron chi connectivity index (χ0n) is 29.3. The molecule has 2 aromatic rings. The quantitative estimate of drug-likeness (QED) is 0.425. The zero-order chi connectivity index (χ0) is 35.4. The molecule has 1 N–H and O–H groups in total. The molecule has 10 nitrogen and oxygen atoms in total. The van der Waals surface area contributed by atoms with Crippen LogP contribution in [0.2, 0.25) is 5.02 Å². The van der Waals surface area contributed by atoms with Gasteiger partial charge in [0.2, 0.25) is 5.91 Å². The third-order valence-electron chi connectivity index (χ3n) is 12.2. The van der Waals surface area contributed by atoms with Crippen molar-refractivity contribution >= 4 is 39.1 Å². The van der Waals surface area contributed by atoms with Crippen molar-refractivity contribution in [3.8, 4) is 5.75 Å². The Morgan fingerprint density at radius 1 is 1.10 bits per heavy atom. The number of hydrogen-bond acceptors (Lipinski definition) is 8. The van der Waals surface area contributed by atoms with Crippen LogP contribution in [0.1, 0.15) is 57.1 Å². The van der Waals surface area contributed by atoms with Gasteiger partial charge in [0.25, 0.3) is 15.9 Å². The molecular weight excluding hydrogens is 678 g/mol. The lowest BCUT2D eigenvalue weighted by atomic mass is 9.61. The fraction of sp³-hybridized carbons (Fsp3) is 0.579. The van der Waals surface area contributed by atoms with E-state index in [9.17, 15) is 18.0 Å². The number of allylic oxidation sites excluding steroid dienone is 1. The second-order valence-electron chi connectivity index (χ2n) is 15.1. The van der Waals surface area contributed by atoms with E-state index in [4.69, 9.17) is 25.8 Å². The normalized spacial score (nSPS) is 34.8. The van der Waals surface area contributed by atoms with Crippen LogP contribution in [-0.4, -0.2) is 83.8 Å². The van der Waals surface area contributed by atoms with E-state index in [0.717, 1.165) is 32.1 Å². The molecule has 5 aliphatic rings. The molecule has 1 saturated heterocycles. The molecule has 2 fully saturated rings. The Kier molecular flexibility index (Phi) is 9.50. The molecule has 2 aliphatic carbocycles. The van der Waals surface area contributed by atoms with Crippen molar-refractivity contribution in [3.63, 3.8) is 0 Å². The molecule has 1 saturated carbocycles. The third kappa shape index (κ3) is 6.11. The molecule has 1 spiro atoms. The molecule has 0 radical (unpaired) electrons. The minimum Gasteiger partial charge on any atom is -0.490 e. The van der Waals surface area contributed by atoms with Crippen molar-refractivity contribution in [2.24, 2.45) is 23.7 Å². The Bertz CT molecular complexity index is 1800. The number of morpholine rings is 1. The average Bonchev–Trinajstić information content (AvgIpc) is 3.23. The number of anilines is 1. The van der Waals surface area contributed by atoms with Gasteiger partial charge in [-0.25, -0.2) is 13.1 Å². The highest BCUT2D eigenvalue weighted by atomic mass is 35.5. The van der Waals surface area contributed by atoms with Gasteiger partial charge in [0.15, 0.2) is 6.10 Å². The van der Waals surface area contributed by atoms with Crippen LogP contribution in [0.5, 0.6) is 5.75 Å². The maximum atomic E-state index is 13.8. The molecule has 50 heavy (non-hydrogen) atoms. The summed E-state index contributed by atoms with van der Waals surface area (Å²) in [5.41, 5.74) is 1.70. The minimum absolute atomic E-state index is 0.0115. The predicted molar refractivity (Wildman–Crippen MR) is 191 cm³/mol. The standard InChI is InChI=1S/C38H48ClN3O7S/c1-24-7-5-16-38(47-4,34-36(44)41(3)17-18-48-34)31-12-9-27(31)21-42-22-37(15-6-8-26-19-28(39)10-13-30(26)37)23-49-33-14-11-29(20-32(33)42)50(45,46)40-35(43)25(24)2/h5,10-11,13-14,16,19-20,24-25,27,31,34H,6-9,12,15,17-18,21-23H2,1-4H3,(H,40,43)/b16-5+/t24-,25+,27-,31+,34?,37-,38+/m0/s1. The molecule has 2 aromatic carbocycles. The summed E-state index contributed by atoms with van der Waals surface area (Å²) in [4.78, 5) is 31.2. The van der Waals surface area contributed by atoms with Crippen molar-refractivity contribution in [2.45, 2.75) is 74.4 Å². The molecular formula is C38H48ClN3O7S. The van der Waals surface area contributed by atoms with E-state index in [1.807, 2.05) is 25.1 Å². The van der Waals surface area contributed by atoms with Crippen LogP contribution < -0.4 is 14.4 Å². The van der Waals surface area contributed by atoms with Gasteiger partial charge in [-0.3, -0.25) is 9.59 Å². The number of benzene rings is 2. The van der Waals surface area contributed by atoms with Crippen molar-refractivity contribution in [1.82, 2.24) is 9.62 Å². The Morgan fingerprint density at radius 3 is 2.68 bits per heavy atom. The van der Waals surface area contributed by atoms with Crippen LogP contribution in [0.4, 0.5) is 5.69 Å². The number of rotatable bonds is 2. The summed E-state index contributed by atoms with van der Waals surface area (Å²) in [6.07, 6.45) is 8.21.